The van der Waals surface area contributed by atoms with Crippen molar-refractivity contribution in [1.82, 2.24) is 0 Å². The lowest BCUT2D eigenvalue weighted by molar-refractivity contribution is 0.0999. The highest BCUT2D eigenvalue weighted by atomic mass is 16.2. The van der Waals surface area contributed by atoms with Crippen LogP contribution in [0.4, 0.5) is 5.69 Å². The van der Waals surface area contributed by atoms with Crippen LogP contribution in [0.2, 0.25) is 0 Å². The zero-order chi connectivity index (χ0) is 13.7. The van der Waals surface area contributed by atoms with Crippen LogP contribution in [-0.2, 0) is 0 Å². The number of amides is 1. The Hall–Kier alpha value is -1.83. The van der Waals surface area contributed by atoms with E-state index >= 15 is 0 Å². The average molecular weight is 265 g/mol. The summed E-state index contributed by atoms with van der Waals surface area (Å²) in [5, 5.41) is 2.47. The van der Waals surface area contributed by atoms with Gasteiger partial charge in [0, 0.05) is 18.0 Å². The first kappa shape index (κ1) is 12.0. The molecule has 0 radical (unpaired) electrons. The summed E-state index contributed by atoms with van der Waals surface area (Å²) in [5.74, 6) is 0.806. The summed E-state index contributed by atoms with van der Waals surface area (Å²) in [6, 6.07) is 10.6. The molecule has 1 aliphatic heterocycles. The molecule has 1 amide bonds. The van der Waals surface area contributed by atoms with Gasteiger partial charge in [-0.3, -0.25) is 4.79 Å². The van der Waals surface area contributed by atoms with Crippen LogP contribution in [-0.4, -0.2) is 13.0 Å². The van der Waals surface area contributed by atoms with Crippen LogP contribution in [0.1, 0.15) is 53.9 Å². The van der Waals surface area contributed by atoms with E-state index in [1.54, 1.807) is 4.90 Å². The van der Waals surface area contributed by atoms with Crippen molar-refractivity contribution in [3.8, 4) is 0 Å². The fraction of sp³-hybridized carbons (Fsp3) is 0.389. The van der Waals surface area contributed by atoms with Gasteiger partial charge >= 0.3 is 0 Å². The van der Waals surface area contributed by atoms with E-state index in [4.69, 9.17) is 0 Å². The zero-order valence-electron chi connectivity index (χ0n) is 11.9. The van der Waals surface area contributed by atoms with Crippen LogP contribution in [0.5, 0.6) is 0 Å². The van der Waals surface area contributed by atoms with Crippen molar-refractivity contribution in [3.63, 3.8) is 0 Å². The zero-order valence-corrected chi connectivity index (χ0v) is 11.9. The molecule has 4 rings (SSSR count). The number of carbonyl (C=O) groups excluding carboxylic acids is 1. The summed E-state index contributed by atoms with van der Waals surface area (Å²) in [4.78, 5) is 14.1. The summed E-state index contributed by atoms with van der Waals surface area (Å²) in [6.45, 7) is 0. The number of carbonyl (C=O) groups is 1. The van der Waals surface area contributed by atoms with Crippen LogP contribution in [0, 0.1) is 0 Å². The third-order valence-corrected chi connectivity index (χ3v) is 4.99. The number of hydrogen-bond donors (Lipinski definition) is 0. The molecule has 0 aromatic heterocycles. The fourth-order valence-corrected chi connectivity index (χ4v) is 3.93. The second-order valence-corrected chi connectivity index (χ2v) is 6.10. The molecule has 0 atom stereocenters. The Morgan fingerprint density at radius 2 is 1.85 bits per heavy atom. The van der Waals surface area contributed by atoms with Crippen molar-refractivity contribution >= 4 is 22.4 Å². The van der Waals surface area contributed by atoms with Gasteiger partial charge in [-0.1, -0.05) is 37.5 Å². The summed E-state index contributed by atoms with van der Waals surface area (Å²) in [7, 11) is 1.87. The van der Waals surface area contributed by atoms with Gasteiger partial charge in [0.25, 0.3) is 5.91 Å². The normalized spacial score (nSPS) is 19.1. The fourth-order valence-electron chi connectivity index (χ4n) is 3.93. The Morgan fingerprint density at radius 1 is 1.05 bits per heavy atom. The molecule has 0 bridgehead atoms. The molecule has 2 aromatic carbocycles. The van der Waals surface area contributed by atoms with Crippen molar-refractivity contribution in [1.29, 1.82) is 0 Å². The molecule has 0 spiro atoms. The van der Waals surface area contributed by atoms with Gasteiger partial charge < -0.3 is 4.90 Å². The average Bonchev–Trinajstić information content (AvgIpc) is 2.76. The molecule has 2 aliphatic rings. The van der Waals surface area contributed by atoms with Crippen LogP contribution in [0.15, 0.2) is 30.3 Å². The molecule has 20 heavy (non-hydrogen) atoms. The van der Waals surface area contributed by atoms with Crippen molar-refractivity contribution in [2.75, 3.05) is 11.9 Å². The molecule has 2 aromatic rings. The first-order valence-electron chi connectivity index (χ1n) is 7.61. The SMILES string of the molecule is CN1C(=O)c2cccc3c(C4CCCCC4)ccc1c23. The number of anilines is 1. The Bertz CT molecular complexity index is 698. The summed E-state index contributed by atoms with van der Waals surface area (Å²) in [5.41, 5.74) is 3.39. The Morgan fingerprint density at radius 3 is 2.65 bits per heavy atom. The van der Waals surface area contributed by atoms with Gasteiger partial charge in [-0.05, 0) is 41.8 Å². The molecule has 0 saturated heterocycles. The van der Waals surface area contributed by atoms with E-state index in [-0.39, 0.29) is 5.91 Å². The minimum atomic E-state index is 0.131. The summed E-state index contributed by atoms with van der Waals surface area (Å²) in [6.07, 6.45) is 6.64. The van der Waals surface area contributed by atoms with Crippen LogP contribution in [0.25, 0.3) is 10.8 Å². The molecule has 0 unspecified atom stereocenters. The molecular formula is C18H19NO. The molecule has 1 saturated carbocycles. The maximum absolute atomic E-state index is 12.3. The highest BCUT2D eigenvalue weighted by Gasteiger charge is 2.29. The van der Waals surface area contributed by atoms with Gasteiger partial charge in [0.1, 0.15) is 0 Å². The highest BCUT2D eigenvalue weighted by Crippen LogP contribution is 2.42. The Labute approximate surface area is 119 Å². The van der Waals surface area contributed by atoms with Gasteiger partial charge in [-0.2, -0.15) is 0 Å². The molecule has 1 heterocycles. The van der Waals surface area contributed by atoms with Gasteiger partial charge in [0.2, 0.25) is 0 Å². The van der Waals surface area contributed by atoms with Crippen molar-refractivity contribution < 1.29 is 4.79 Å². The first-order valence-corrected chi connectivity index (χ1v) is 7.61. The second kappa shape index (κ2) is 4.34. The lowest BCUT2D eigenvalue weighted by Gasteiger charge is -2.24. The molecule has 102 valence electrons. The third kappa shape index (κ3) is 1.54. The second-order valence-electron chi connectivity index (χ2n) is 6.10. The minimum absolute atomic E-state index is 0.131. The molecule has 2 nitrogen and oxygen atoms in total. The summed E-state index contributed by atoms with van der Waals surface area (Å²) < 4.78 is 0. The highest BCUT2D eigenvalue weighted by molar-refractivity contribution is 6.25. The Balaban J connectivity index is 1.95. The number of nitrogens with zero attached hydrogens (tertiary/aromatic N) is 1. The van der Waals surface area contributed by atoms with Gasteiger partial charge in [-0.25, -0.2) is 0 Å². The number of benzene rings is 2. The maximum Gasteiger partial charge on any atom is 0.258 e. The Kier molecular flexibility index (Phi) is 2.59. The lowest BCUT2D eigenvalue weighted by Crippen LogP contribution is -2.20. The topological polar surface area (TPSA) is 20.3 Å². The smallest absolute Gasteiger partial charge is 0.258 e. The van der Waals surface area contributed by atoms with Gasteiger partial charge in [-0.15, -0.1) is 0 Å². The predicted molar refractivity (Wildman–Crippen MR) is 82.5 cm³/mol. The van der Waals surface area contributed by atoms with E-state index in [0.29, 0.717) is 5.92 Å². The van der Waals surface area contributed by atoms with Crippen molar-refractivity contribution in [2.45, 2.75) is 38.0 Å². The van der Waals surface area contributed by atoms with E-state index in [2.05, 4.69) is 18.2 Å². The van der Waals surface area contributed by atoms with Crippen LogP contribution < -0.4 is 4.90 Å². The molecule has 1 fully saturated rings. The van der Waals surface area contributed by atoms with E-state index in [0.717, 1.165) is 11.3 Å². The monoisotopic (exact) mass is 265 g/mol. The van der Waals surface area contributed by atoms with Gasteiger partial charge in [0.05, 0.1) is 5.69 Å². The van der Waals surface area contributed by atoms with E-state index in [1.165, 1.54) is 48.4 Å². The summed E-state index contributed by atoms with van der Waals surface area (Å²) >= 11 is 0. The van der Waals surface area contributed by atoms with Crippen LogP contribution >= 0.6 is 0 Å². The molecule has 2 heteroatoms. The lowest BCUT2D eigenvalue weighted by atomic mass is 9.81. The quantitative estimate of drug-likeness (QED) is 0.744. The minimum Gasteiger partial charge on any atom is -0.311 e. The molecular weight excluding hydrogens is 246 g/mol. The largest absolute Gasteiger partial charge is 0.311 e. The number of rotatable bonds is 1. The third-order valence-electron chi connectivity index (χ3n) is 4.99. The maximum atomic E-state index is 12.3. The van der Waals surface area contributed by atoms with E-state index in [1.807, 2.05) is 19.2 Å². The van der Waals surface area contributed by atoms with E-state index in [9.17, 15) is 4.79 Å². The molecule has 0 N–H and O–H groups in total. The standard InChI is InChI=1S/C18H19NO/c1-19-16-11-10-13(12-6-3-2-4-7-12)14-8-5-9-15(17(14)16)18(19)20/h5,8-12H,2-4,6-7H2,1H3. The number of hydrogen-bond acceptors (Lipinski definition) is 1. The van der Waals surface area contributed by atoms with Crippen molar-refractivity contribution in [2.24, 2.45) is 0 Å². The van der Waals surface area contributed by atoms with Gasteiger partial charge in [0.15, 0.2) is 0 Å². The van der Waals surface area contributed by atoms with E-state index < -0.39 is 0 Å². The van der Waals surface area contributed by atoms with Crippen molar-refractivity contribution in [3.05, 3.63) is 41.5 Å². The van der Waals surface area contributed by atoms with Crippen LogP contribution in [0.3, 0.4) is 0 Å². The molecule has 1 aliphatic carbocycles. The first-order chi connectivity index (χ1) is 9.77. The predicted octanol–water partition coefficient (Wildman–Crippen LogP) is 4.48.